The molecular weight excluding hydrogens is 436 g/mol. The minimum Gasteiger partial charge on any atom is -0.333 e. The molecule has 0 spiro atoms. The Morgan fingerprint density at radius 1 is 1.23 bits per heavy atom. The first-order valence-corrected chi connectivity index (χ1v) is 12.7. The van der Waals surface area contributed by atoms with Crippen molar-refractivity contribution < 1.29 is 4.79 Å². The number of hydrogen-bond donors (Lipinski definition) is 0. The number of para-hydroxylation sites is 1. The summed E-state index contributed by atoms with van der Waals surface area (Å²) in [5.74, 6) is 1.07. The van der Waals surface area contributed by atoms with Gasteiger partial charge < -0.3 is 4.90 Å². The number of hydrogen-bond acceptors (Lipinski definition) is 7. The summed E-state index contributed by atoms with van der Waals surface area (Å²) in [6.45, 7) is 0.779. The predicted molar refractivity (Wildman–Crippen MR) is 123 cm³/mol. The molecule has 1 saturated heterocycles. The van der Waals surface area contributed by atoms with Crippen molar-refractivity contribution in [1.82, 2.24) is 19.3 Å². The maximum atomic E-state index is 13.0. The molecule has 0 bridgehead atoms. The van der Waals surface area contributed by atoms with Gasteiger partial charge >= 0.3 is 0 Å². The van der Waals surface area contributed by atoms with Crippen LogP contribution in [0.2, 0.25) is 0 Å². The fourth-order valence-corrected chi connectivity index (χ4v) is 6.46. The number of thioether (sulfide) groups is 1. The lowest BCUT2D eigenvalue weighted by Crippen LogP contribution is -2.39. The van der Waals surface area contributed by atoms with E-state index in [-0.39, 0.29) is 17.5 Å². The number of likely N-dealkylation sites (tertiary alicyclic amines) is 1. The van der Waals surface area contributed by atoms with Crippen LogP contribution in [0.25, 0.3) is 15.2 Å². The number of rotatable bonds is 5. The third kappa shape index (κ3) is 3.89. The third-order valence-electron chi connectivity index (χ3n) is 5.25. The van der Waals surface area contributed by atoms with Crippen LogP contribution in [0.1, 0.15) is 36.0 Å². The van der Waals surface area contributed by atoms with Gasteiger partial charge in [0.1, 0.15) is 5.01 Å². The minimum atomic E-state index is -0.0740. The lowest BCUT2D eigenvalue weighted by Gasteiger charge is -2.34. The summed E-state index contributed by atoms with van der Waals surface area (Å²) in [5.41, 5.74) is 1.66. The second kappa shape index (κ2) is 8.49. The van der Waals surface area contributed by atoms with E-state index >= 15 is 0 Å². The highest BCUT2D eigenvalue weighted by Gasteiger charge is 2.30. The van der Waals surface area contributed by atoms with Crippen LogP contribution in [0.5, 0.6) is 0 Å². The van der Waals surface area contributed by atoms with Gasteiger partial charge in [-0.25, -0.2) is 9.97 Å². The first-order chi connectivity index (χ1) is 14.7. The van der Waals surface area contributed by atoms with Crippen molar-refractivity contribution in [1.29, 1.82) is 0 Å². The van der Waals surface area contributed by atoms with E-state index < -0.39 is 0 Å². The first kappa shape index (κ1) is 19.7. The lowest BCUT2D eigenvalue weighted by atomic mass is 10.0. The van der Waals surface area contributed by atoms with E-state index in [1.807, 2.05) is 28.5 Å². The fraction of sp³-hybridized carbons (Fsp3) is 0.333. The summed E-state index contributed by atoms with van der Waals surface area (Å²) in [4.78, 5) is 37.2. The number of nitrogens with zero attached hydrogens (tertiary/aromatic N) is 4. The van der Waals surface area contributed by atoms with Crippen LogP contribution in [0, 0.1) is 0 Å². The van der Waals surface area contributed by atoms with Crippen LogP contribution in [0.4, 0.5) is 0 Å². The molecule has 1 aromatic carbocycles. The average molecular weight is 457 g/mol. The van der Waals surface area contributed by atoms with Gasteiger partial charge in [-0.1, -0.05) is 12.1 Å². The Hall–Kier alpha value is -2.23. The SMILES string of the molecule is O=C(CSCc1cc(=O)n2ccsc2n1)N1CCCCC1c1nc2ccccc2s1. The van der Waals surface area contributed by atoms with E-state index in [4.69, 9.17) is 4.98 Å². The zero-order valence-corrected chi connectivity index (χ0v) is 18.6. The number of piperidine rings is 1. The molecule has 1 fully saturated rings. The highest BCUT2D eigenvalue weighted by atomic mass is 32.2. The Kier molecular flexibility index (Phi) is 5.58. The van der Waals surface area contributed by atoms with Gasteiger partial charge in [0, 0.05) is 29.9 Å². The first-order valence-electron chi connectivity index (χ1n) is 9.87. The van der Waals surface area contributed by atoms with Gasteiger partial charge in [-0.2, -0.15) is 0 Å². The molecule has 4 aromatic rings. The van der Waals surface area contributed by atoms with Crippen LogP contribution >= 0.6 is 34.4 Å². The fourth-order valence-electron chi connectivity index (χ4n) is 3.81. The zero-order chi connectivity index (χ0) is 20.5. The largest absolute Gasteiger partial charge is 0.333 e. The molecule has 0 aliphatic carbocycles. The Morgan fingerprint density at radius 3 is 3.03 bits per heavy atom. The maximum Gasteiger partial charge on any atom is 0.258 e. The van der Waals surface area contributed by atoms with Crippen molar-refractivity contribution >= 4 is 55.5 Å². The minimum absolute atomic E-state index is 0.0643. The normalized spacial score (nSPS) is 17.1. The average Bonchev–Trinajstić information content (AvgIpc) is 3.41. The lowest BCUT2D eigenvalue weighted by molar-refractivity contribution is -0.132. The van der Waals surface area contributed by atoms with Crippen LogP contribution in [-0.2, 0) is 10.5 Å². The van der Waals surface area contributed by atoms with Crippen LogP contribution in [0.15, 0.2) is 46.7 Å². The zero-order valence-electron chi connectivity index (χ0n) is 16.2. The van der Waals surface area contributed by atoms with Crippen molar-refractivity contribution in [3.63, 3.8) is 0 Å². The van der Waals surface area contributed by atoms with Crippen LogP contribution in [-0.4, -0.2) is 37.5 Å². The molecule has 30 heavy (non-hydrogen) atoms. The van der Waals surface area contributed by atoms with E-state index in [9.17, 15) is 9.59 Å². The molecule has 1 atom stereocenters. The topological polar surface area (TPSA) is 67.6 Å². The molecule has 1 unspecified atom stereocenters. The summed E-state index contributed by atoms with van der Waals surface area (Å²) >= 11 is 4.65. The smallest absolute Gasteiger partial charge is 0.258 e. The van der Waals surface area contributed by atoms with E-state index in [1.54, 1.807) is 28.0 Å². The molecule has 154 valence electrons. The highest BCUT2D eigenvalue weighted by molar-refractivity contribution is 7.99. The molecule has 9 heteroatoms. The maximum absolute atomic E-state index is 13.0. The molecule has 5 rings (SSSR count). The van der Waals surface area contributed by atoms with Crippen molar-refractivity contribution in [3.8, 4) is 0 Å². The van der Waals surface area contributed by atoms with Gasteiger partial charge in [0.15, 0.2) is 4.96 Å². The van der Waals surface area contributed by atoms with Crippen molar-refractivity contribution in [2.24, 2.45) is 0 Å². The molecule has 0 N–H and O–H groups in total. The van der Waals surface area contributed by atoms with Crippen LogP contribution in [0.3, 0.4) is 0 Å². The van der Waals surface area contributed by atoms with Gasteiger partial charge in [0.05, 0.1) is 27.7 Å². The summed E-state index contributed by atoms with van der Waals surface area (Å²) in [6.07, 6.45) is 4.84. The van der Waals surface area contributed by atoms with Crippen molar-refractivity contribution in [2.75, 3.05) is 12.3 Å². The van der Waals surface area contributed by atoms with E-state index in [1.165, 1.54) is 27.8 Å². The van der Waals surface area contributed by atoms with Gasteiger partial charge in [-0.3, -0.25) is 14.0 Å². The molecule has 3 aromatic heterocycles. The molecule has 0 radical (unpaired) electrons. The number of amides is 1. The summed E-state index contributed by atoms with van der Waals surface area (Å²) in [7, 11) is 0. The molecule has 6 nitrogen and oxygen atoms in total. The molecular formula is C21H20N4O2S3. The summed E-state index contributed by atoms with van der Waals surface area (Å²) < 4.78 is 2.71. The van der Waals surface area contributed by atoms with E-state index in [0.717, 1.165) is 42.0 Å². The highest BCUT2D eigenvalue weighted by Crippen LogP contribution is 2.36. The Morgan fingerprint density at radius 2 is 2.13 bits per heavy atom. The molecule has 1 aliphatic heterocycles. The Bertz CT molecular complexity index is 1230. The number of carbonyl (C=O) groups is 1. The van der Waals surface area contributed by atoms with Crippen LogP contribution < -0.4 is 5.56 Å². The second-order valence-electron chi connectivity index (χ2n) is 7.25. The van der Waals surface area contributed by atoms with Gasteiger partial charge in [-0.05, 0) is 31.4 Å². The number of thiazole rings is 2. The van der Waals surface area contributed by atoms with Gasteiger partial charge in [0.2, 0.25) is 5.91 Å². The molecule has 1 amide bonds. The summed E-state index contributed by atoms with van der Waals surface area (Å²) in [5, 5.41) is 2.88. The second-order valence-corrected chi connectivity index (χ2v) is 10.2. The number of carbonyl (C=O) groups excluding carboxylic acids is 1. The molecule has 4 heterocycles. The quantitative estimate of drug-likeness (QED) is 0.447. The standard InChI is InChI=1S/C21H20N4O2S3/c26-18-11-14(22-21-25(18)9-10-29-21)12-28-13-19(27)24-8-4-3-6-16(24)20-23-15-5-1-2-7-17(15)30-20/h1-2,5,7,9-11,16H,3-4,6,8,12-13H2. The van der Waals surface area contributed by atoms with Crippen molar-refractivity contribution in [3.05, 3.63) is 63.0 Å². The Labute approximate surface area is 185 Å². The van der Waals surface area contributed by atoms with E-state index in [2.05, 4.69) is 11.1 Å². The van der Waals surface area contributed by atoms with Crippen molar-refractivity contribution in [2.45, 2.75) is 31.1 Å². The number of aromatic nitrogens is 3. The monoisotopic (exact) mass is 456 g/mol. The number of benzene rings is 1. The van der Waals surface area contributed by atoms with Gasteiger partial charge in [0.25, 0.3) is 5.56 Å². The molecule has 0 saturated carbocycles. The molecule has 1 aliphatic rings. The van der Waals surface area contributed by atoms with E-state index in [0.29, 0.717) is 16.5 Å². The van der Waals surface area contributed by atoms with Gasteiger partial charge in [-0.15, -0.1) is 34.4 Å². The Balaban J connectivity index is 1.27. The summed E-state index contributed by atoms with van der Waals surface area (Å²) in [6, 6.07) is 9.76. The third-order valence-corrected chi connectivity index (χ3v) is 8.10. The predicted octanol–water partition coefficient (Wildman–Crippen LogP) is 4.35. The number of fused-ring (bicyclic) bond motifs is 2.